The minimum absolute atomic E-state index is 0.0213. The van der Waals surface area contributed by atoms with Crippen LogP contribution in [-0.2, 0) is 10.0 Å². The molecule has 0 spiro atoms. The van der Waals surface area contributed by atoms with Gasteiger partial charge < -0.3 is 4.90 Å². The molecular weight excluding hydrogens is 288 g/mol. The third-order valence-corrected chi connectivity index (χ3v) is 5.17. The number of aryl methyl sites for hydroxylation is 1. The summed E-state index contributed by atoms with van der Waals surface area (Å²) >= 11 is 0. The van der Waals surface area contributed by atoms with Crippen LogP contribution in [0.25, 0.3) is 0 Å². The molecule has 5 nitrogen and oxygen atoms in total. The number of hydrogen-bond donors (Lipinski definition) is 1. The minimum atomic E-state index is -3.81. The van der Waals surface area contributed by atoms with Crippen molar-refractivity contribution in [2.75, 3.05) is 13.1 Å². The van der Waals surface area contributed by atoms with Gasteiger partial charge in [0.05, 0.1) is 4.90 Å². The molecule has 0 unspecified atom stereocenters. The number of hydrogen-bond acceptors (Lipinski definition) is 3. The SMILES string of the molecule is CCN(CC1CCC1)C(=O)c1ccc(C)c(S(N)(=O)=O)c1. The maximum Gasteiger partial charge on any atom is 0.253 e. The lowest BCUT2D eigenvalue weighted by Crippen LogP contribution is -2.37. The first kappa shape index (κ1) is 16.0. The Labute approximate surface area is 126 Å². The van der Waals surface area contributed by atoms with Crippen molar-refractivity contribution in [3.63, 3.8) is 0 Å². The fourth-order valence-corrected chi connectivity index (χ4v) is 3.37. The van der Waals surface area contributed by atoms with Crippen LogP contribution in [0.3, 0.4) is 0 Å². The molecule has 1 aliphatic rings. The molecule has 0 bridgehead atoms. The average Bonchev–Trinajstić information content (AvgIpc) is 2.36. The van der Waals surface area contributed by atoms with E-state index in [2.05, 4.69) is 0 Å². The Hall–Kier alpha value is -1.40. The first-order valence-corrected chi connectivity index (χ1v) is 8.80. The molecule has 0 atom stereocenters. The third-order valence-electron chi connectivity index (χ3n) is 4.11. The van der Waals surface area contributed by atoms with Crippen LogP contribution >= 0.6 is 0 Å². The fourth-order valence-electron chi connectivity index (χ4n) is 2.56. The highest BCUT2D eigenvalue weighted by Crippen LogP contribution is 2.27. The number of amides is 1. The Morgan fingerprint density at radius 1 is 1.38 bits per heavy atom. The summed E-state index contributed by atoms with van der Waals surface area (Å²) in [5, 5.41) is 5.19. The monoisotopic (exact) mass is 310 g/mol. The van der Waals surface area contributed by atoms with Crippen molar-refractivity contribution in [2.24, 2.45) is 11.1 Å². The van der Waals surface area contributed by atoms with Crippen LogP contribution in [0.4, 0.5) is 0 Å². The van der Waals surface area contributed by atoms with E-state index in [1.54, 1.807) is 24.0 Å². The molecule has 1 fully saturated rings. The summed E-state index contributed by atoms with van der Waals surface area (Å²) < 4.78 is 23.1. The van der Waals surface area contributed by atoms with Gasteiger partial charge in [-0.2, -0.15) is 0 Å². The lowest BCUT2D eigenvalue weighted by atomic mass is 9.85. The van der Waals surface area contributed by atoms with Crippen LogP contribution in [0.2, 0.25) is 0 Å². The lowest BCUT2D eigenvalue weighted by molar-refractivity contribution is 0.0706. The van der Waals surface area contributed by atoms with Crippen LogP contribution in [0.1, 0.15) is 42.1 Å². The van der Waals surface area contributed by atoms with Gasteiger partial charge in [-0.25, -0.2) is 13.6 Å². The molecule has 0 aliphatic heterocycles. The summed E-state index contributed by atoms with van der Waals surface area (Å²) in [6, 6.07) is 4.68. The summed E-state index contributed by atoms with van der Waals surface area (Å²) in [6.45, 7) is 4.97. The molecule has 2 N–H and O–H groups in total. The van der Waals surface area contributed by atoms with Crippen LogP contribution in [0.15, 0.2) is 23.1 Å². The Bertz CT molecular complexity index is 636. The summed E-state index contributed by atoms with van der Waals surface area (Å²) in [5.74, 6) is 0.450. The van der Waals surface area contributed by atoms with E-state index in [9.17, 15) is 13.2 Å². The second-order valence-corrected chi connectivity index (χ2v) is 7.20. The maximum atomic E-state index is 12.5. The number of benzene rings is 1. The van der Waals surface area contributed by atoms with Crippen LogP contribution in [0.5, 0.6) is 0 Å². The van der Waals surface area contributed by atoms with Crippen LogP contribution < -0.4 is 5.14 Å². The number of carbonyl (C=O) groups excluding carboxylic acids is 1. The first-order valence-electron chi connectivity index (χ1n) is 7.25. The normalized spacial score (nSPS) is 15.6. The number of carbonyl (C=O) groups is 1. The largest absolute Gasteiger partial charge is 0.339 e. The van der Waals surface area contributed by atoms with Gasteiger partial charge in [0.2, 0.25) is 10.0 Å². The zero-order valence-corrected chi connectivity index (χ0v) is 13.3. The number of nitrogens with two attached hydrogens (primary N) is 1. The van der Waals surface area contributed by atoms with E-state index in [1.807, 2.05) is 6.92 Å². The van der Waals surface area contributed by atoms with Crippen molar-refractivity contribution in [3.8, 4) is 0 Å². The van der Waals surface area contributed by atoms with Gasteiger partial charge in [0.1, 0.15) is 0 Å². The highest BCUT2D eigenvalue weighted by atomic mass is 32.2. The van der Waals surface area contributed by atoms with E-state index in [0.29, 0.717) is 23.6 Å². The van der Waals surface area contributed by atoms with Gasteiger partial charge in [0.25, 0.3) is 5.91 Å². The van der Waals surface area contributed by atoms with E-state index in [1.165, 1.54) is 25.3 Å². The molecule has 1 aliphatic carbocycles. The van der Waals surface area contributed by atoms with Gasteiger partial charge in [0, 0.05) is 18.7 Å². The van der Waals surface area contributed by atoms with Gasteiger partial charge in [-0.05, 0) is 50.3 Å². The van der Waals surface area contributed by atoms with Gasteiger partial charge in [0.15, 0.2) is 0 Å². The Morgan fingerprint density at radius 2 is 2.05 bits per heavy atom. The molecule has 1 amide bonds. The lowest BCUT2D eigenvalue weighted by Gasteiger charge is -2.32. The highest BCUT2D eigenvalue weighted by molar-refractivity contribution is 7.89. The molecule has 0 heterocycles. The van der Waals surface area contributed by atoms with Gasteiger partial charge in [-0.1, -0.05) is 12.5 Å². The van der Waals surface area contributed by atoms with Crippen molar-refractivity contribution in [3.05, 3.63) is 29.3 Å². The maximum absolute atomic E-state index is 12.5. The van der Waals surface area contributed by atoms with E-state index in [0.717, 1.165) is 6.54 Å². The number of rotatable bonds is 5. The second kappa shape index (κ2) is 6.15. The Morgan fingerprint density at radius 3 is 2.52 bits per heavy atom. The van der Waals surface area contributed by atoms with Crippen molar-refractivity contribution in [1.82, 2.24) is 4.90 Å². The number of sulfonamides is 1. The van der Waals surface area contributed by atoms with Crippen molar-refractivity contribution < 1.29 is 13.2 Å². The molecule has 116 valence electrons. The second-order valence-electron chi connectivity index (χ2n) is 5.67. The molecule has 0 radical (unpaired) electrons. The molecule has 2 rings (SSSR count). The van der Waals surface area contributed by atoms with Crippen LogP contribution in [-0.4, -0.2) is 32.3 Å². The average molecular weight is 310 g/mol. The molecule has 0 aromatic heterocycles. The Kier molecular flexibility index (Phi) is 4.68. The summed E-state index contributed by atoms with van der Waals surface area (Å²) in [7, 11) is -3.81. The van der Waals surface area contributed by atoms with Gasteiger partial charge in [-0.3, -0.25) is 4.79 Å². The molecule has 1 aromatic rings. The number of nitrogens with zero attached hydrogens (tertiary/aromatic N) is 1. The predicted octanol–water partition coefficient (Wildman–Crippen LogP) is 1.90. The van der Waals surface area contributed by atoms with Gasteiger partial charge in [-0.15, -0.1) is 0 Å². The number of primary sulfonamides is 1. The van der Waals surface area contributed by atoms with Crippen LogP contribution in [0, 0.1) is 12.8 Å². The van der Waals surface area contributed by atoms with Crippen molar-refractivity contribution in [1.29, 1.82) is 0 Å². The highest BCUT2D eigenvalue weighted by Gasteiger charge is 2.24. The smallest absolute Gasteiger partial charge is 0.253 e. The zero-order valence-electron chi connectivity index (χ0n) is 12.5. The Balaban J connectivity index is 2.25. The summed E-state index contributed by atoms with van der Waals surface area (Å²) in [6.07, 6.45) is 3.57. The van der Waals surface area contributed by atoms with E-state index >= 15 is 0 Å². The molecule has 1 aromatic carbocycles. The molecular formula is C15H22N2O3S. The fraction of sp³-hybridized carbons (Fsp3) is 0.533. The molecule has 6 heteroatoms. The molecule has 1 saturated carbocycles. The minimum Gasteiger partial charge on any atom is -0.339 e. The molecule has 21 heavy (non-hydrogen) atoms. The van der Waals surface area contributed by atoms with Crippen molar-refractivity contribution >= 4 is 15.9 Å². The zero-order chi connectivity index (χ0) is 15.6. The first-order chi connectivity index (χ1) is 9.82. The standard InChI is InChI=1S/C15H22N2O3S/c1-3-17(10-12-5-4-6-12)15(18)13-8-7-11(2)14(9-13)21(16,19)20/h7-9,12H,3-6,10H2,1-2H3,(H2,16,19,20). The summed E-state index contributed by atoms with van der Waals surface area (Å²) in [5.41, 5.74) is 0.932. The van der Waals surface area contributed by atoms with Gasteiger partial charge >= 0.3 is 0 Å². The van der Waals surface area contributed by atoms with Crippen molar-refractivity contribution in [2.45, 2.75) is 38.0 Å². The summed E-state index contributed by atoms with van der Waals surface area (Å²) in [4.78, 5) is 14.3. The topological polar surface area (TPSA) is 80.5 Å². The van der Waals surface area contributed by atoms with E-state index in [4.69, 9.17) is 5.14 Å². The van der Waals surface area contributed by atoms with E-state index < -0.39 is 10.0 Å². The van der Waals surface area contributed by atoms with E-state index in [-0.39, 0.29) is 10.8 Å². The quantitative estimate of drug-likeness (QED) is 0.902. The molecule has 0 saturated heterocycles. The third kappa shape index (κ3) is 3.63. The predicted molar refractivity (Wildman–Crippen MR) is 81.5 cm³/mol.